The molecule has 1 saturated carbocycles. The van der Waals surface area contributed by atoms with Crippen molar-refractivity contribution >= 4 is 11.8 Å². The Labute approximate surface area is 233 Å². The first-order chi connectivity index (χ1) is 19.0. The SMILES string of the molecule is CC(C)c1cn([C@H](C(=O)N2C[C@H](O)C[C@H]2C(=O)NC2(c3ccc(-c4ccccc4F)cc3)CC2O)C(C)C)nn1. The first-order valence-corrected chi connectivity index (χ1v) is 13.8. The first kappa shape index (κ1) is 27.9. The summed E-state index contributed by atoms with van der Waals surface area (Å²) in [4.78, 5) is 28.9. The monoisotopic (exact) mass is 549 g/mol. The number of halogens is 1. The van der Waals surface area contributed by atoms with Gasteiger partial charge in [0.05, 0.1) is 23.4 Å². The Hall–Kier alpha value is -3.63. The van der Waals surface area contributed by atoms with Crippen LogP contribution in [0.2, 0.25) is 0 Å². The molecule has 2 aliphatic rings. The third-order valence-electron chi connectivity index (χ3n) is 8.01. The number of benzene rings is 2. The second-order valence-corrected chi connectivity index (χ2v) is 11.6. The van der Waals surface area contributed by atoms with Gasteiger partial charge >= 0.3 is 0 Å². The number of aromatic nitrogens is 3. The summed E-state index contributed by atoms with van der Waals surface area (Å²) >= 11 is 0. The molecule has 2 heterocycles. The summed E-state index contributed by atoms with van der Waals surface area (Å²) in [5.41, 5.74) is 1.59. The molecule has 2 amide bonds. The van der Waals surface area contributed by atoms with E-state index in [0.29, 0.717) is 23.1 Å². The van der Waals surface area contributed by atoms with Gasteiger partial charge in [0.1, 0.15) is 17.9 Å². The van der Waals surface area contributed by atoms with E-state index >= 15 is 0 Å². The van der Waals surface area contributed by atoms with Gasteiger partial charge in [0.15, 0.2) is 0 Å². The quantitative estimate of drug-likeness (QED) is 0.397. The first-order valence-electron chi connectivity index (χ1n) is 13.8. The van der Waals surface area contributed by atoms with Gasteiger partial charge in [0, 0.05) is 31.1 Å². The number of rotatable bonds is 8. The maximum Gasteiger partial charge on any atom is 0.248 e. The molecule has 2 unspecified atom stereocenters. The number of nitrogens with one attached hydrogen (secondary N) is 1. The van der Waals surface area contributed by atoms with E-state index in [0.717, 1.165) is 5.69 Å². The van der Waals surface area contributed by atoms with Crippen molar-refractivity contribution in [3.8, 4) is 11.1 Å². The maximum absolute atomic E-state index is 14.3. The fourth-order valence-corrected chi connectivity index (χ4v) is 5.58. The van der Waals surface area contributed by atoms with E-state index in [1.807, 2.05) is 27.7 Å². The zero-order valence-corrected chi connectivity index (χ0v) is 23.2. The fourth-order valence-electron chi connectivity index (χ4n) is 5.58. The summed E-state index contributed by atoms with van der Waals surface area (Å²) in [5.74, 6) is -1.08. The number of likely N-dealkylation sites (tertiary alicyclic amines) is 1. The number of nitrogens with zero attached hydrogens (tertiary/aromatic N) is 4. The number of aliphatic hydroxyl groups is 2. The molecule has 1 aliphatic heterocycles. The van der Waals surface area contributed by atoms with E-state index in [-0.39, 0.29) is 36.5 Å². The van der Waals surface area contributed by atoms with Crippen molar-refractivity contribution < 1.29 is 24.2 Å². The van der Waals surface area contributed by atoms with Crippen LogP contribution in [0, 0.1) is 11.7 Å². The van der Waals surface area contributed by atoms with E-state index in [2.05, 4.69) is 15.6 Å². The van der Waals surface area contributed by atoms with Gasteiger partial charge in [-0.25, -0.2) is 9.07 Å². The van der Waals surface area contributed by atoms with Crippen LogP contribution in [-0.2, 0) is 15.1 Å². The largest absolute Gasteiger partial charge is 0.391 e. The highest BCUT2D eigenvalue weighted by atomic mass is 19.1. The van der Waals surface area contributed by atoms with Crippen molar-refractivity contribution in [2.75, 3.05) is 6.54 Å². The van der Waals surface area contributed by atoms with E-state index in [1.54, 1.807) is 53.3 Å². The highest BCUT2D eigenvalue weighted by Gasteiger charge is 2.57. The van der Waals surface area contributed by atoms with Gasteiger partial charge in [-0.15, -0.1) is 5.10 Å². The summed E-state index contributed by atoms with van der Waals surface area (Å²) < 4.78 is 15.8. The van der Waals surface area contributed by atoms with Gasteiger partial charge in [0.25, 0.3) is 0 Å². The molecule has 9 nitrogen and oxygen atoms in total. The Morgan fingerprint density at radius 2 is 1.75 bits per heavy atom. The van der Waals surface area contributed by atoms with Crippen LogP contribution in [0.4, 0.5) is 4.39 Å². The number of carbonyl (C=O) groups excluding carboxylic acids is 2. The van der Waals surface area contributed by atoms with Crippen molar-refractivity contribution in [2.24, 2.45) is 5.92 Å². The zero-order chi connectivity index (χ0) is 28.8. The molecule has 2 fully saturated rings. The van der Waals surface area contributed by atoms with Gasteiger partial charge in [-0.05, 0) is 29.0 Å². The molecule has 0 spiro atoms. The van der Waals surface area contributed by atoms with Crippen molar-refractivity contribution in [2.45, 2.75) is 76.3 Å². The molecule has 5 rings (SSSR count). The molecular weight excluding hydrogens is 513 g/mol. The summed E-state index contributed by atoms with van der Waals surface area (Å²) in [6.07, 6.45) is 0.506. The minimum atomic E-state index is -1.01. The number of hydrogen-bond donors (Lipinski definition) is 3. The average Bonchev–Trinajstić information content (AvgIpc) is 3.24. The van der Waals surface area contributed by atoms with Crippen LogP contribution < -0.4 is 5.32 Å². The summed E-state index contributed by atoms with van der Waals surface area (Å²) in [5, 5.41) is 32.5. The minimum absolute atomic E-state index is 0.0266. The average molecular weight is 550 g/mol. The number of aliphatic hydroxyl groups excluding tert-OH is 2. The second kappa shape index (κ2) is 10.7. The highest BCUT2D eigenvalue weighted by molar-refractivity contribution is 5.90. The van der Waals surface area contributed by atoms with Gasteiger partial charge < -0.3 is 20.4 Å². The van der Waals surface area contributed by atoms with Crippen LogP contribution >= 0.6 is 0 Å². The predicted octanol–water partition coefficient (Wildman–Crippen LogP) is 3.14. The third-order valence-corrected chi connectivity index (χ3v) is 8.01. The Balaban J connectivity index is 1.36. The second-order valence-electron chi connectivity index (χ2n) is 11.6. The van der Waals surface area contributed by atoms with Crippen molar-refractivity contribution in [3.05, 3.63) is 71.8 Å². The molecule has 1 saturated heterocycles. The van der Waals surface area contributed by atoms with Gasteiger partial charge in [-0.2, -0.15) is 0 Å². The van der Waals surface area contributed by atoms with Gasteiger partial charge in [0.2, 0.25) is 11.8 Å². The summed E-state index contributed by atoms with van der Waals surface area (Å²) in [6.45, 7) is 7.82. The maximum atomic E-state index is 14.3. The number of β-amino-alcohol motifs (C(OH)–C–C–N with tert-alkyl or cyclic N) is 1. The normalized spacial score (nSPS) is 24.9. The molecule has 40 heavy (non-hydrogen) atoms. The number of hydrogen-bond acceptors (Lipinski definition) is 6. The molecule has 10 heteroatoms. The smallest absolute Gasteiger partial charge is 0.248 e. The molecule has 1 aliphatic carbocycles. The standard InChI is InChI=1S/C30H36FN5O4/c1-17(2)24-16-36(34-33-24)27(18(3)4)29(40)35-15-21(37)13-25(35)28(39)32-30(14-26(30)38)20-11-9-19(10-12-20)22-7-5-6-8-23(22)31/h5-12,16-18,21,25-27,37-38H,13-15H2,1-4H3,(H,32,39)/t21-,25+,26?,27+,30?/m1/s1. The lowest BCUT2D eigenvalue weighted by Gasteiger charge is -2.31. The van der Waals surface area contributed by atoms with Crippen LogP contribution in [0.25, 0.3) is 11.1 Å². The Kier molecular flexibility index (Phi) is 7.50. The molecule has 0 bridgehead atoms. The Morgan fingerprint density at radius 1 is 1.07 bits per heavy atom. The molecule has 1 aromatic heterocycles. The number of amides is 2. The van der Waals surface area contributed by atoms with Crippen LogP contribution in [0.1, 0.15) is 63.8 Å². The summed E-state index contributed by atoms with van der Waals surface area (Å²) in [6, 6.07) is 12.0. The lowest BCUT2D eigenvalue weighted by atomic mass is 9.98. The van der Waals surface area contributed by atoms with E-state index in [9.17, 15) is 24.2 Å². The molecule has 0 radical (unpaired) electrons. The topological polar surface area (TPSA) is 121 Å². The van der Waals surface area contributed by atoms with Crippen molar-refractivity contribution in [1.82, 2.24) is 25.2 Å². The zero-order valence-electron chi connectivity index (χ0n) is 23.2. The number of carbonyl (C=O) groups is 2. The molecule has 3 aromatic rings. The molecule has 2 aromatic carbocycles. The van der Waals surface area contributed by atoms with E-state index in [1.165, 1.54) is 11.0 Å². The van der Waals surface area contributed by atoms with Crippen molar-refractivity contribution in [1.29, 1.82) is 0 Å². The van der Waals surface area contributed by atoms with Crippen LogP contribution in [-0.4, -0.2) is 66.7 Å². The van der Waals surface area contributed by atoms with Crippen LogP contribution in [0.3, 0.4) is 0 Å². The van der Waals surface area contributed by atoms with E-state index < -0.39 is 35.7 Å². The lowest BCUT2D eigenvalue weighted by molar-refractivity contribution is -0.143. The summed E-state index contributed by atoms with van der Waals surface area (Å²) in [7, 11) is 0. The molecular formula is C30H36FN5O4. The fraction of sp³-hybridized carbons (Fsp3) is 0.467. The van der Waals surface area contributed by atoms with Crippen LogP contribution in [0.15, 0.2) is 54.7 Å². The van der Waals surface area contributed by atoms with Crippen molar-refractivity contribution in [3.63, 3.8) is 0 Å². The minimum Gasteiger partial charge on any atom is -0.391 e. The Bertz CT molecular complexity index is 1390. The van der Waals surface area contributed by atoms with E-state index in [4.69, 9.17) is 0 Å². The van der Waals surface area contributed by atoms with Gasteiger partial charge in [-0.3, -0.25) is 9.59 Å². The van der Waals surface area contributed by atoms with Crippen LogP contribution in [0.5, 0.6) is 0 Å². The third kappa shape index (κ3) is 5.13. The predicted molar refractivity (Wildman–Crippen MR) is 146 cm³/mol. The Morgan fingerprint density at radius 3 is 2.33 bits per heavy atom. The highest BCUT2D eigenvalue weighted by Crippen LogP contribution is 2.46. The molecule has 212 valence electrons. The van der Waals surface area contributed by atoms with Gasteiger partial charge in [-0.1, -0.05) is 75.4 Å². The molecule has 3 N–H and O–H groups in total. The molecule has 5 atom stereocenters. The lowest BCUT2D eigenvalue weighted by Crippen LogP contribution is -2.51.